The van der Waals surface area contributed by atoms with Crippen molar-refractivity contribution in [3.8, 4) is 0 Å². The van der Waals surface area contributed by atoms with Crippen molar-refractivity contribution >= 4 is 28.7 Å². The van der Waals surface area contributed by atoms with E-state index in [2.05, 4.69) is 10.6 Å². The van der Waals surface area contributed by atoms with Crippen molar-refractivity contribution < 1.29 is 32.6 Å². The largest absolute Gasteiger partial charge is 0.365 e. The first-order chi connectivity index (χ1) is 17.4. The van der Waals surface area contributed by atoms with E-state index in [0.717, 1.165) is 12.1 Å². The van der Waals surface area contributed by atoms with Gasteiger partial charge in [-0.2, -0.15) is 0 Å². The highest BCUT2D eigenvalue weighted by atomic mass is 32.2. The average molecular weight is 520 g/mol. The number of methoxy groups -OCH3 is 2. The fourth-order valence-electron chi connectivity index (χ4n) is 4.35. The Balaban J connectivity index is 1.59. The number of nitrogens with zero attached hydrogens (tertiary/aromatic N) is 1. The maximum absolute atomic E-state index is 15.0. The van der Waals surface area contributed by atoms with E-state index in [0.29, 0.717) is 16.5 Å². The number of halogens is 2. The molecule has 1 saturated heterocycles. The lowest BCUT2D eigenvalue weighted by Gasteiger charge is -2.46. The Labute approximate surface area is 211 Å². The molecule has 1 fully saturated rings. The van der Waals surface area contributed by atoms with Crippen LogP contribution in [-0.4, -0.2) is 62.5 Å². The van der Waals surface area contributed by atoms with E-state index in [-0.39, 0.29) is 42.9 Å². The number of ether oxygens (including phenoxy) is 3. The summed E-state index contributed by atoms with van der Waals surface area (Å²) in [6.45, 7) is 0.0121. The van der Waals surface area contributed by atoms with E-state index >= 15 is 4.39 Å². The van der Waals surface area contributed by atoms with E-state index in [9.17, 15) is 14.0 Å². The van der Waals surface area contributed by atoms with Crippen molar-refractivity contribution in [2.75, 3.05) is 33.1 Å². The fraction of sp³-hybridized carbons (Fsp3) is 0.400. The minimum atomic E-state index is -1.24. The molecule has 2 amide bonds. The zero-order valence-corrected chi connectivity index (χ0v) is 20.6. The number of nitrogens with one attached hydrogen (secondary N) is 2. The summed E-state index contributed by atoms with van der Waals surface area (Å²) in [5.41, 5.74) is -0.633. The van der Waals surface area contributed by atoms with Gasteiger partial charge in [0.25, 0.3) is 5.91 Å². The molecule has 11 heteroatoms. The number of hydrogen-bond donors (Lipinski definition) is 2. The van der Waals surface area contributed by atoms with Crippen LogP contribution in [0.4, 0.5) is 8.78 Å². The van der Waals surface area contributed by atoms with Crippen LogP contribution in [0.3, 0.4) is 0 Å². The molecule has 2 aromatic rings. The van der Waals surface area contributed by atoms with Crippen LogP contribution in [0.15, 0.2) is 53.5 Å². The third kappa shape index (κ3) is 5.59. The molecule has 4 rings (SSSR count). The van der Waals surface area contributed by atoms with Crippen LogP contribution >= 0.6 is 11.8 Å². The normalized spacial score (nSPS) is 23.5. The Bertz CT molecular complexity index is 1130. The lowest BCUT2D eigenvalue weighted by atomic mass is 9.75. The van der Waals surface area contributed by atoms with Gasteiger partial charge in [0.2, 0.25) is 5.91 Å². The highest BCUT2D eigenvalue weighted by Gasteiger charge is 2.51. The maximum atomic E-state index is 15.0. The molecule has 8 nitrogen and oxygen atoms in total. The highest BCUT2D eigenvalue weighted by molar-refractivity contribution is 8.13. The number of carbonyl (C=O) groups excluding carboxylic acids is 2. The number of carbonyl (C=O) groups is 2. The van der Waals surface area contributed by atoms with Gasteiger partial charge in [0, 0.05) is 43.1 Å². The molecule has 2 aliphatic heterocycles. The predicted octanol–water partition coefficient (Wildman–Crippen LogP) is 2.83. The first kappa shape index (κ1) is 26.2. The summed E-state index contributed by atoms with van der Waals surface area (Å²) >= 11 is 1.31. The van der Waals surface area contributed by atoms with E-state index in [1.807, 2.05) is 0 Å². The van der Waals surface area contributed by atoms with Crippen LogP contribution < -0.4 is 10.6 Å². The topological polar surface area (TPSA) is 98.3 Å². The molecule has 36 heavy (non-hydrogen) atoms. The number of hydrogen-bond acceptors (Lipinski definition) is 7. The summed E-state index contributed by atoms with van der Waals surface area (Å²) in [5, 5.41) is 5.83. The molecule has 2 aromatic carbocycles. The van der Waals surface area contributed by atoms with E-state index < -0.39 is 29.6 Å². The molecular formula is C25H27F2N3O5S. The van der Waals surface area contributed by atoms with Crippen LogP contribution in [0.1, 0.15) is 22.3 Å². The molecule has 0 spiro atoms. The molecule has 2 heterocycles. The second kappa shape index (κ2) is 11.5. The van der Waals surface area contributed by atoms with Gasteiger partial charge < -0.3 is 24.8 Å². The van der Waals surface area contributed by atoms with Crippen LogP contribution in [0.5, 0.6) is 0 Å². The maximum Gasteiger partial charge on any atom is 0.257 e. The van der Waals surface area contributed by atoms with Gasteiger partial charge in [-0.05, 0) is 24.6 Å². The zero-order chi connectivity index (χ0) is 25.7. The Kier molecular flexibility index (Phi) is 8.35. The molecular weight excluding hydrogens is 492 g/mol. The summed E-state index contributed by atoms with van der Waals surface area (Å²) in [4.78, 5) is 30.2. The first-order valence-corrected chi connectivity index (χ1v) is 12.3. The van der Waals surface area contributed by atoms with Gasteiger partial charge in [0.1, 0.15) is 23.3 Å². The lowest BCUT2D eigenvalue weighted by Crippen LogP contribution is -2.54. The van der Waals surface area contributed by atoms with Crippen molar-refractivity contribution in [3.05, 3.63) is 71.3 Å². The molecule has 0 saturated carbocycles. The number of fused-ring (bicyclic) bond motifs is 1. The zero-order valence-electron chi connectivity index (χ0n) is 19.8. The van der Waals surface area contributed by atoms with Crippen molar-refractivity contribution in [3.63, 3.8) is 0 Å². The summed E-state index contributed by atoms with van der Waals surface area (Å²) in [5.74, 6) is -2.05. The van der Waals surface area contributed by atoms with Crippen LogP contribution in [0.25, 0.3) is 0 Å². The number of amidine groups is 1. The SMILES string of the molecule is COC(CNC(=O)[C@H]1C[C@H]2CSC(NC(=O)c3ccccc3)=N[C@@]2(c2ccc(F)cc2F)CO1)OC. The van der Waals surface area contributed by atoms with Crippen molar-refractivity contribution in [2.45, 2.75) is 24.4 Å². The number of benzene rings is 2. The molecule has 3 atom stereocenters. The summed E-state index contributed by atoms with van der Waals surface area (Å²) in [6, 6.07) is 12.0. The van der Waals surface area contributed by atoms with Gasteiger partial charge >= 0.3 is 0 Å². The smallest absolute Gasteiger partial charge is 0.257 e. The second-order valence-electron chi connectivity index (χ2n) is 8.47. The van der Waals surface area contributed by atoms with Crippen LogP contribution in [-0.2, 0) is 24.5 Å². The average Bonchev–Trinajstić information content (AvgIpc) is 2.89. The van der Waals surface area contributed by atoms with E-state index in [1.165, 1.54) is 32.0 Å². The first-order valence-electron chi connectivity index (χ1n) is 11.4. The molecule has 2 aliphatic rings. The van der Waals surface area contributed by atoms with Crippen molar-refractivity contribution in [2.24, 2.45) is 10.9 Å². The quantitative estimate of drug-likeness (QED) is 0.546. The summed E-state index contributed by atoms with van der Waals surface area (Å²) in [7, 11) is 2.93. The van der Waals surface area contributed by atoms with Crippen molar-refractivity contribution in [1.29, 1.82) is 0 Å². The molecule has 0 unspecified atom stereocenters. The second-order valence-corrected chi connectivity index (χ2v) is 9.48. The highest BCUT2D eigenvalue weighted by Crippen LogP contribution is 2.47. The fourth-order valence-corrected chi connectivity index (χ4v) is 5.52. The van der Waals surface area contributed by atoms with E-state index in [1.54, 1.807) is 30.3 Å². The van der Waals surface area contributed by atoms with Gasteiger partial charge in [-0.3, -0.25) is 9.59 Å². The molecule has 0 aromatic heterocycles. The summed E-state index contributed by atoms with van der Waals surface area (Å²) in [6.07, 6.45) is -1.14. The van der Waals surface area contributed by atoms with Crippen molar-refractivity contribution in [1.82, 2.24) is 10.6 Å². The minimum Gasteiger partial charge on any atom is -0.365 e. The number of rotatable bonds is 7. The third-order valence-electron chi connectivity index (χ3n) is 6.32. The number of thioether (sulfide) groups is 1. The predicted molar refractivity (Wildman–Crippen MR) is 130 cm³/mol. The third-order valence-corrected chi connectivity index (χ3v) is 7.35. The number of aliphatic imine (C=N–C) groups is 1. The molecule has 0 aliphatic carbocycles. The monoisotopic (exact) mass is 519 g/mol. The van der Waals surface area contributed by atoms with Crippen LogP contribution in [0.2, 0.25) is 0 Å². The standard InChI is InChI=1S/C25H27F2N3O5S/c1-33-21(34-2)12-28-23(32)20-10-16-13-36-24(29-22(31)15-6-4-3-5-7-15)30-25(16,14-35-20)18-9-8-17(26)11-19(18)27/h3-9,11,16,20-21H,10,12-14H2,1-2H3,(H,28,32)(H,29,30,31)/t16-,20+,25-/m0/s1. The molecule has 192 valence electrons. The Hall–Kier alpha value is -2.86. The Morgan fingerprint density at radius 1 is 1.19 bits per heavy atom. The lowest BCUT2D eigenvalue weighted by molar-refractivity contribution is -0.146. The van der Waals surface area contributed by atoms with Gasteiger partial charge in [0.05, 0.1) is 13.2 Å². The Morgan fingerprint density at radius 2 is 1.94 bits per heavy atom. The Morgan fingerprint density at radius 3 is 2.64 bits per heavy atom. The summed E-state index contributed by atoms with van der Waals surface area (Å²) < 4.78 is 44.8. The van der Waals surface area contributed by atoms with Gasteiger partial charge in [0.15, 0.2) is 11.5 Å². The molecule has 0 radical (unpaired) electrons. The van der Waals surface area contributed by atoms with Gasteiger partial charge in [-0.1, -0.05) is 36.0 Å². The van der Waals surface area contributed by atoms with Gasteiger partial charge in [-0.15, -0.1) is 0 Å². The molecule has 0 bridgehead atoms. The molecule has 2 N–H and O–H groups in total. The minimum absolute atomic E-state index is 0.123. The van der Waals surface area contributed by atoms with Gasteiger partial charge in [-0.25, -0.2) is 13.8 Å². The van der Waals surface area contributed by atoms with Crippen LogP contribution in [0, 0.1) is 17.6 Å². The van der Waals surface area contributed by atoms with E-state index in [4.69, 9.17) is 19.2 Å². The number of amides is 2.